The molecule has 2 heterocycles. The van der Waals surface area contributed by atoms with Crippen LogP contribution in [0.25, 0.3) is 0 Å². The maximum absolute atomic E-state index is 12.8. The van der Waals surface area contributed by atoms with Crippen molar-refractivity contribution in [2.75, 3.05) is 18.4 Å². The number of anilines is 1. The van der Waals surface area contributed by atoms with E-state index in [4.69, 9.17) is 0 Å². The Labute approximate surface area is 131 Å². The highest BCUT2D eigenvalue weighted by Gasteiger charge is 2.42. The third kappa shape index (κ3) is 3.08. The zero-order valence-corrected chi connectivity index (χ0v) is 13.1. The van der Waals surface area contributed by atoms with E-state index in [-0.39, 0.29) is 6.03 Å². The predicted octanol–water partition coefficient (Wildman–Crippen LogP) is 4.04. The second kappa shape index (κ2) is 6.23. The summed E-state index contributed by atoms with van der Waals surface area (Å²) in [5.41, 5.74) is 0.845. The number of urea groups is 1. The summed E-state index contributed by atoms with van der Waals surface area (Å²) < 4.78 is 12.8. The third-order valence-electron chi connectivity index (χ3n) is 5.50. The molecule has 4 nitrogen and oxygen atoms in total. The first-order valence-corrected chi connectivity index (χ1v) is 8.27. The van der Waals surface area contributed by atoms with Gasteiger partial charge in [0.05, 0.1) is 11.9 Å². The Morgan fingerprint density at radius 2 is 2.14 bits per heavy atom. The number of amides is 2. The van der Waals surface area contributed by atoms with E-state index >= 15 is 0 Å². The highest BCUT2D eigenvalue weighted by Crippen LogP contribution is 2.46. The summed E-state index contributed by atoms with van der Waals surface area (Å²) >= 11 is 0. The van der Waals surface area contributed by atoms with Crippen LogP contribution in [0.5, 0.6) is 0 Å². The molecule has 1 aromatic rings. The quantitative estimate of drug-likeness (QED) is 0.796. The second-order valence-corrected chi connectivity index (χ2v) is 6.83. The first kappa shape index (κ1) is 15.3. The van der Waals surface area contributed by atoms with Gasteiger partial charge in [-0.15, -0.1) is 0 Å². The van der Waals surface area contributed by atoms with Crippen LogP contribution in [0.2, 0.25) is 0 Å². The number of hydrogen-bond donors (Lipinski definition) is 1. The van der Waals surface area contributed by atoms with Crippen molar-refractivity contribution in [1.29, 1.82) is 0 Å². The Hall–Kier alpha value is -1.65. The van der Waals surface area contributed by atoms with Crippen LogP contribution in [-0.4, -0.2) is 29.0 Å². The zero-order valence-electron chi connectivity index (χ0n) is 13.1. The maximum Gasteiger partial charge on any atom is 0.321 e. The number of aromatic nitrogens is 1. The van der Waals surface area contributed by atoms with E-state index in [0.717, 1.165) is 19.5 Å². The molecular formula is C17H24FN3O. The summed E-state index contributed by atoms with van der Waals surface area (Å²) in [6, 6.07) is 2.71. The Balaban J connectivity index is 1.66. The minimum absolute atomic E-state index is 0.0924. The van der Waals surface area contributed by atoms with Gasteiger partial charge in [-0.05, 0) is 42.7 Å². The first-order valence-electron chi connectivity index (χ1n) is 8.27. The number of halogens is 1. The maximum atomic E-state index is 12.8. The molecule has 1 saturated heterocycles. The van der Waals surface area contributed by atoms with Crippen molar-refractivity contribution in [2.45, 2.75) is 45.4 Å². The molecule has 3 rings (SSSR count). The van der Waals surface area contributed by atoms with Crippen molar-refractivity contribution >= 4 is 11.7 Å². The van der Waals surface area contributed by atoms with Crippen molar-refractivity contribution in [3.63, 3.8) is 0 Å². The smallest absolute Gasteiger partial charge is 0.321 e. The SMILES string of the molecule is CC1CCN(C(=O)Nc2ccc(F)nc2)CC12CCCCC2. The van der Waals surface area contributed by atoms with Crippen molar-refractivity contribution < 1.29 is 9.18 Å². The summed E-state index contributed by atoms with van der Waals surface area (Å²) in [5.74, 6) is 0.148. The van der Waals surface area contributed by atoms with Gasteiger partial charge >= 0.3 is 6.03 Å². The fourth-order valence-electron chi connectivity index (χ4n) is 4.00. The van der Waals surface area contributed by atoms with Gasteiger partial charge in [0, 0.05) is 13.1 Å². The molecule has 0 radical (unpaired) electrons. The Morgan fingerprint density at radius 1 is 1.36 bits per heavy atom. The number of nitrogens with one attached hydrogen (secondary N) is 1. The number of hydrogen-bond acceptors (Lipinski definition) is 2. The topological polar surface area (TPSA) is 45.2 Å². The van der Waals surface area contributed by atoms with Crippen molar-refractivity contribution in [3.8, 4) is 0 Å². The molecule has 1 N–H and O–H groups in total. The van der Waals surface area contributed by atoms with Crippen molar-refractivity contribution in [2.24, 2.45) is 11.3 Å². The van der Waals surface area contributed by atoms with Gasteiger partial charge in [0.1, 0.15) is 0 Å². The van der Waals surface area contributed by atoms with E-state index in [1.165, 1.54) is 44.4 Å². The number of rotatable bonds is 1. The van der Waals surface area contributed by atoms with Gasteiger partial charge < -0.3 is 10.2 Å². The highest BCUT2D eigenvalue weighted by atomic mass is 19.1. The van der Waals surface area contributed by atoms with Gasteiger partial charge in [-0.1, -0.05) is 26.2 Å². The molecule has 1 spiro atoms. The Morgan fingerprint density at radius 3 is 2.82 bits per heavy atom. The highest BCUT2D eigenvalue weighted by molar-refractivity contribution is 5.89. The molecule has 1 aliphatic carbocycles. The van der Waals surface area contributed by atoms with Crippen LogP contribution in [0, 0.1) is 17.3 Å². The Bertz CT molecular complexity index is 525. The van der Waals surface area contributed by atoms with Crippen LogP contribution in [0.1, 0.15) is 45.4 Å². The minimum Gasteiger partial charge on any atom is -0.324 e. The molecule has 1 unspecified atom stereocenters. The summed E-state index contributed by atoms with van der Waals surface area (Å²) in [5, 5.41) is 2.83. The van der Waals surface area contributed by atoms with Gasteiger partial charge in [-0.2, -0.15) is 4.39 Å². The molecule has 120 valence electrons. The molecular weight excluding hydrogens is 281 g/mol. The molecule has 2 aliphatic rings. The van der Waals surface area contributed by atoms with Crippen molar-refractivity contribution in [3.05, 3.63) is 24.3 Å². The number of nitrogens with zero attached hydrogens (tertiary/aromatic N) is 2. The standard InChI is InChI=1S/C17H24FN3O/c1-13-7-10-21(12-17(13)8-3-2-4-9-17)16(22)20-14-5-6-15(18)19-11-14/h5-6,11,13H,2-4,7-10,12H2,1H3,(H,20,22). The molecule has 1 saturated carbocycles. The van der Waals surface area contributed by atoms with Crippen LogP contribution < -0.4 is 5.32 Å². The largest absolute Gasteiger partial charge is 0.324 e. The second-order valence-electron chi connectivity index (χ2n) is 6.83. The van der Waals surface area contributed by atoms with Gasteiger partial charge in [0.15, 0.2) is 0 Å². The number of pyridine rings is 1. The lowest BCUT2D eigenvalue weighted by Crippen LogP contribution is -2.52. The van der Waals surface area contributed by atoms with Crippen LogP contribution in [-0.2, 0) is 0 Å². The number of piperidine rings is 1. The third-order valence-corrected chi connectivity index (χ3v) is 5.50. The summed E-state index contributed by atoms with van der Waals surface area (Å²) in [7, 11) is 0. The fourth-order valence-corrected chi connectivity index (χ4v) is 4.00. The lowest BCUT2D eigenvalue weighted by atomic mass is 9.63. The van der Waals surface area contributed by atoms with Crippen LogP contribution in [0.4, 0.5) is 14.9 Å². The van der Waals surface area contributed by atoms with Gasteiger partial charge in [0.2, 0.25) is 5.95 Å². The lowest BCUT2D eigenvalue weighted by molar-refractivity contribution is 0.0237. The molecule has 5 heteroatoms. The monoisotopic (exact) mass is 305 g/mol. The van der Waals surface area contributed by atoms with E-state index < -0.39 is 5.95 Å². The zero-order chi connectivity index (χ0) is 15.6. The van der Waals surface area contributed by atoms with Crippen LogP contribution in [0.15, 0.2) is 18.3 Å². The first-order chi connectivity index (χ1) is 10.6. The lowest BCUT2D eigenvalue weighted by Gasteiger charge is -2.49. The van der Waals surface area contributed by atoms with Gasteiger partial charge in [-0.25, -0.2) is 9.78 Å². The molecule has 0 aromatic carbocycles. The molecule has 22 heavy (non-hydrogen) atoms. The fraction of sp³-hybridized carbons (Fsp3) is 0.647. The summed E-state index contributed by atoms with van der Waals surface area (Å²) in [4.78, 5) is 18.0. The molecule has 2 fully saturated rings. The molecule has 0 bridgehead atoms. The number of likely N-dealkylation sites (tertiary alicyclic amines) is 1. The van der Waals surface area contributed by atoms with Gasteiger partial charge in [-0.3, -0.25) is 0 Å². The average molecular weight is 305 g/mol. The average Bonchev–Trinajstić information content (AvgIpc) is 2.53. The molecule has 1 atom stereocenters. The predicted molar refractivity (Wildman–Crippen MR) is 84.1 cm³/mol. The van der Waals surface area contributed by atoms with E-state index in [0.29, 0.717) is 17.0 Å². The van der Waals surface area contributed by atoms with Crippen molar-refractivity contribution in [1.82, 2.24) is 9.88 Å². The van der Waals surface area contributed by atoms with E-state index in [9.17, 15) is 9.18 Å². The van der Waals surface area contributed by atoms with E-state index in [1.807, 2.05) is 4.90 Å². The normalized spacial score (nSPS) is 24.3. The van der Waals surface area contributed by atoms with Gasteiger partial charge in [0.25, 0.3) is 0 Å². The molecule has 1 aliphatic heterocycles. The summed E-state index contributed by atoms with van der Waals surface area (Å²) in [6.45, 7) is 3.97. The molecule has 1 aromatic heterocycles. The Kier molecular flexibility index (Phi) is 4.32. The van der Waals surface area contributed by atoms with E-state index in [2.05, 4.69) is 17.2 Å². The summed E-state index contributed by atoms with van der Waals surface area (Å²) in [6.07, 6.45) is 8.77. The number of carbonyl (C=O) groups excluding carboxylic acids is 1. The van der Waals surface area contributed by atoms with Crippen LogP contribution in [0.3, 0.4) is 0 Å². The minimum atomic E-state index is -0.536. The number of carbonyl (C=O) groups is 1. The van der Waals surface area contributed by atoms with Crippen LogP contribution >= 0.6 is 0 Å². The molecule has 2 amide bonds. The van der Waals surface area contributed by atoms with E-state index in [1.54, 1.807) is 6.07 Å².